The zero-order chi connectivity index (χ0) is 16.5. The van der Waals surface area contributed by atoms with E-state index < -0.39 is 0 Å². The van der Waals surface area contributed by atoms with E-state index in [2.05, 4.69) is 29.9 Å². The summed E-state index contributed by atoms with van der Waals surface area (Å²) in [7, 11) is 0. The summed E-state index contributed by atoms with van der Waals surface area (Å²) in [5, 5.41) is 2.10. The molecule has 2 aromatic carbocycles. The minimum atomic E-state index is 0.602. The third kappa shape index (κ3) is 5.04. The van der Waals surface area contributed by atoms with Crippen molar-refractivity contribution in [2.24, 2.45) is 9.98 Å². The van der Waals surface area contributed by atoms with Gasteiger partial charge >= 0.3 is 0 Å². The second-order valence-corrected chi connectivity index (χ2v) is 5.00. The van der Waals surface area contributed by atoms with Crippen LogP contribution < -0.4 is 10.4 Å². The molecule has 0 spiro atoms. The molecule has 2 heteroatoms. The highest BCUT2D eigenvalue weighted by molar-refractivity contribution is 5.91. The molecule has 0 aromatic heterocycles. The summed E-state index contributed by atoms with van der Waals surface area (Å²) in [5.41, 5.74) is 1.67. The number of hydrogen-bond donors (Lipinski definition) is 0. The highest BCUT2D eigenvalue weighted by Crippen LogP contribution is 2.13. The van der Waals surface area contributed by atoms with Gasteiger partial charge in [-0.1, -0.05) is 86.0 Å². The van der Waals surface area contributed by atoms with Gasteiger partial charge in [0.15, 0.2) is 0 Å². The third-order valence-corrected chi connectivity index (χ3v) is 3.32. The van der Waals surface area contributed by atoms with Gasteiger partial charge in [-0.15, -0.1) is 0 Å². The molecule has 0 atom stereocenters. The van der Waals surface area contributed by atoms with Crippen molar-refractivity contribution in [3.63, 3.8) is 0 Å². The van der Waals surface area contributed by atoms with Gasteiger partial charge in [-0.3, -0.25) is 0 Å². The number of hydrogen-bond acceptors (Lipinski definition) is 1. The van der Waals surface area contributed by atoms with Crippen molar-refractivity contribution in [2.75, 3.05) is 0 Å². The minimum Gasteiger partial charge on any atom is -0.249 e. The number of benzene rings is 2. The van der Waals surface area contributed by atoms with Crippen LogP contribution in [-0.4, -0.2) is 12.6 Å². The lowest BCUT2D eigenvalue weighted by molar-refractivity contribution is 1.36. The molecular weight excluding hydrogens is 280 g/mol. The first-order valence-corrected chi connectivity index (χ1v) is 7.40. The summed E-state index contributed by atoms with van der Waals surface area (Å²) in [6.07, 6.45) is 6.61. The van der Waals surface area contributed by atoms with Crippen molar-refractivity contribution >= 4 is 30.9 Å². The molecule has 0 bridgehead atoms. The Balaban J connectivity index is 2.07. The Morgan fingerprint density at radius 3 is 2.39 bits per heavy atom. The highest BCUT2D eigenvalue weighted by Gasteiger charge is 1.98. The first kappa shape index (κ1) is 16.4. The molecule has 114 valence electrons. The fourth-order valence-electron chi connectivity index (χ4n) is 2.04. The molecule has 0 aliphatic carbocycles. The van der Waals surface area contributed by atoms with E-state index in [0.717, 1.165) is 16.0 Å². The van der Waals surface area contributed by atoms with Crippen LogP contribution in [0, 0.1) is 0 Å². The Labute approximate surface area is 137 Å². The van der Waals surface area contributed by atoms with Crippen LogP contribution in [-0.2, 0) is 0 Å². The highest BCUT2D eigenvalue weighted by atomic mass is 14.9. The molecule has 0 saturated carbocycles. The van der Waals surface area contributed by atoms with Crippen LogP contribution >= 0.6 is 0 Å². The van der Waals surface area contributed by atoms with E-state index in [0.29, 0.717) is 18.0 Å². The molecule has 0 aliphatic heterocycles. The van der Waals surface area contributed by atoms with Crippen molar-refractivity contribution in [3.8, 4) is 0 Å². The standard InChI is InChI=1S/C21H20N2/c1-17-11-7-8-12-19(17)13-9-10-16-21(22-3)23-18(2)20-14-5-4-6-15-20/h4-15H,1-3,16H2/b10-9-,19-13-,23-21?. The van der Waals surface area contributed by atoms with E-state index in [1.54, 1.807) is 0 Å². The number of rotatable bonds is 5. The smallest absolute Gasteiger partial charge is 0.131 e. The summed E-state index contributed by atoms with van der Waals surface area (Å²) in [4.78, 5) is 8.42. The van der Waals surface area contributed by atoms with Gasteiger partial charge in [0, 0.05) is 6.42 Å². The predicted molar refractivity (Wildman–Crippen MR) is 102 cm³/mol. The molecule has 0 fully saturated rings. The van der Waals surface area contributed by atoms with Crippen molar-refractivity contribution < 1.29 is 0 Å². The molecule has 2 nitrogen and oxygen atoms in total. The largest absolute Gasteiger partial charge is 0.249 e. The van der Waals surface area contributed by atoms with Gasteiger partial charge in [-0.05, 0) is 22.7 Å². The molecule has 0 saturated heterocycles. The fraction of sp³-hybridized carbons (Fsp3) is 0.0476. The van der Waals surface area contributed by atoms with Crippen LogP contribution in [0.5, 0.6) is 0 Å². The Hall–Kier alpha value is -3.00. The Kier molecular flexibility index (Phi) is 6.01. The molecule has 0 amide bonds. The first-order valence-electron chi connectivity index (χ1n) is 7.40. The van der Waals surface area contributed by atoms with Crippen molar-refractivity contribution in [1.29, 1.82) is 0 Å². The van der Waals surface area contributed by atoms with Gasteiger partial charge in [0.2, 0.25) is 0 Å². The molecule has 0 radical (unpaired) electrons. The molecule has 2 aromatic rings. The van der Waals surface area contributed by atoms with Crippen LogP contribution in [0.15, 0.2) is 83.3 Å². The average molecular weight is 300 g/mol. The maximum absolute atomic E-state index is 4.44. The third-order valence-electron chi connectivity index (χ3n) is 3.32. The Morgan fingerprint density at radius 2 is 1.70 bits per heavy atom. The van der Waals surface area contributed by atoms with Crippen LogP contribution in [0.4, 0.5) is 0 Å². The lowest BCUT2D eigenvalue weighted by atomic mass is 10.2. The fourth-order valence-corrected chi connectivity index (χ4v) is 2.04. The molecule has 0 aliphatic rings. The van der Waals surface area contributed by atoms with Crippen LogP contribution in [0.2, 0.25) is 0 Å². The van der Waals surface area contributed by atoms with Gasteiger partial charge in [-0.25, -0.2) is 9.98 Å². The molecular formula is C21H20N2. The average Bonchev–Trinajstić information content (AvgIpc) is 2.59. The maximum Gasteiger partial charge on any atom is 0.131 e. The quantitative estimate of drug-likeness (QED) is 0.595. The van der Waals surface area contributed by atoms with Crippen molar-refractivity contribution in [1.82, 2.24) is 0 Å². The van der Waals surface area contributed by atoms with Crippen molar-refractivity contribution in [3.05, 3.63) is 89.3 Å². The van der Waals surface area contributed by atoms with Crippen molar-refractivity contribution in [2.45, 2.75) is 6.42 Å². The number of amidine groups is 1. The monoisotopic (exact) mass is 300 g/mol. The zero-order valence-corrected chi connectivity index (χ0v) is 13.2. The Bertz CT molecular complexity index is 843. The minimum absolute atomic E-state index is 0.602. The SMILES string of the molecule is C=NC(C/C=C\C=c1\ccccc1=C)=NC(=C)c1ccccc1. The second kappa shape index (κ2) is 8.44. The lowest BCUT2D eigenvalue weighted by Gasteiger charge is -2.01. The summed E-state index contributed by atoms with van der Waals surface area (Å²) >= 11 is 0. The van der Waals surface area contributed by atoms with E-state index >= 15 is 0 Å². The van der Waals surface area contributed by atoms with Crippen LogP contribution in [0.3, 0.4) is 0 Å². The number of aliphatic imine (C=N–C) groups is 2. The van der Waals surface area contributed by atoms with E-state index in [1.807, 2.05) is 72.8 Å². The summed E-state index contributed by atoms with van der Waals surface area (Å²) in [6, 6.07) is 17.8. The van der Waals surface area contributed by atoms with E-state index in [-0.39, 0.29) is 0 Å². The molecule has 0 unspecified atom stereocenters. The molecule has 0 N–H and O–H groups in total. The first-order chi connectivity index (χ1) is 11.2. The van der Waals surface area contributed by atoms with Gasteiger partial charge in [-0.2, -0.15) is 0 Å². The van der Waals surface area contributed by atoms with E-state index in [1.165, 1.54) is 0 Å². The van der Waals surface area contributed by atoms with Gasteiger partial charge < -0.3 is 0 Å². The van der Waals surface area contributed by atoms with E-state index in [9.17, 15) is 0 Å². The maximum atomic E-state index is 4.44. The Morgan fingerprint density at radius 1 is 1.00 bits per heavy atom. The van der Waals surface area contributed by atoms with E-state index in [4.69, 9.17) is 0 Å². The number of allylic oxidation sites excluding steroid dienone is 1. The molecule has 23 heavy (non-hydrogen) atoms. The van der Waals surface area contributed by atoms with Crippen LogP contribution in [0.25, 0.3) is 18.4 Å². The predicted octanol–water partition coefficient (Wildman–Crippen LogP) is 3.59. The summed E-state index contributed by atoms with van der Waals surface area (Å²) < 4.78 is 0. The van der Waals surface area contributed by atoms with Gasteiger partial charge in [0.25, 0.3) is 0 Å². The van der Waals surface area contributed by atoms with Crippen LogP contribution in [0.1, 0.15) is 12.0 Å². The summed E-state index contributed by atoms with van der Waals surface area (Å²) in [5.74, 6) is 0.645. The van der Waals surface area contributed by atoms with Gasteiger partial charge in [0.05, 0.1) is 5.70 Å². The lowest BCUT2D eigenvalue weighted by Crippen LogP contribution is -2.21. The topological polar surface area (TPSA) is 24.7 Å². The summed E-state index contributed by atoms with van der Waals surface area (Å²) in [6.45, 7) is 11.6. The zero-order valence-electron chi connectivity index (χ0n) is 13.2. The normalized spacial score (nSPS) is 12.5. The number of nitrogens with zero attached hydrogens (tertiary/aromatic N) is 2. The molecule has 0 heterocycles. The molecule has 2 rings (SSSR count). The second-order valence-electron chi connectivity index (χ2n) is 5.00. The van der Waals surface area contributed by atoms with Gasteiger partial charge in [0.1, 0.15) is 5.84 Å².